The minimum absolute atomic E-state index is 0.106. The van der Waals surface area contributed by atoms with Crippen molar-refractivity contribution in [3.05, 3.63) is 59.8 Å². The monoisotopic (exact) mass is 432 g/mol. The number of nitrogens with one attached hydrogen (secondary N) is 1. The summed E-state index contributed by atoms with van der Waals surface area (Å²) in [6, 6.07) is 8.40. The van der Waals surface area contributed by atoms with Gasteiger partial charge in [-0.2, -0.15) is 4.98 Å². The molecule has 8 nitrogen and oxygen atoms in total. The fraction of sp³-hybridized carbons (Fsp3) is 0.333. The van der Waals surface area contributed by atoms with E-state index in [-0.39, 0.29) is 17.3 Å². The molecule has 3 heterocycles. The van der Waals surface area contributed by atoms with E-state index < -0.39 is 17.7 Å². The molecule has 1 amide bonds. The molecule has 1 saturated heterocycles. The topological polar surface area (TPSA) is 112 Å². The van der Waals surface area contributed by atoms with Crippen molar-refractivity contribution in [1.29, 1.82) is 0 Å². The van der Waals surface area contributed by atoms with Gasteiger partial charge in [-0.1, -0.05) is 24.4 Å². The molecule has 2 N–H and O–H groups in total. The van der Waals surface area contributed by atoms with Gasteiger partial charge in [-0.3, -0.25) is 14.5 Å². The number of hydrogen-bond donors (Lipinski definition) is 2. The average molecular weight is 432 g/mol. The van der Waals surface area contributed by atoms with Gasteiger partial charge in [0.05, 0.1) is 11.6 Å². The van der Waals surface area contributed by atoms with E-state index in [1.807, 2.05) is 12.1 Å². The first-order valence-electron chi connectivity index (χ1n) is 10.9. The highest BCUT2D eigenvalue weighted by molar-refractivity contribution is 6.51. The quantitative estimate of drug-likeness (QED) is 0.363. The Bertz CT molecular complexity index is 1170. The molecule has 32 heavy (non-hydrogen) atoms. The van der Waals surface area contributed by atoms with Gasteiger partial charge in [0.2, 0.25) is 11.7 Å². The number of aliphatic hydroxyl groups is 1. The van der Waals surface area contributed by atoms with Crippen molar-refractivity contribution in [3.63, 3.8) is 0 Å². The molecule has 8 heteroatoms. The molecule has 5 rings (SSSR count). The SMILES string of the molecule is Cc1nc(-c2ccc(N3C(=O)C(=O)/C(=C(/O)c4cc[nH]c4)C3C3CCCCC3)cc2)no1. The Morgan fingerprint density at radius 3 is 2.50 bits per heavy atom. The zero-order chi connectivity index (χ0) is 22.2. The number of aliphatic hydroxyl groups excluding tert-OH is 1. The number of anilines is 1. The lowest BCUT2D eigenvalue weighted by molar-refractivity contribution is -0.132. The van der Waals surface area contributed by atoms with E-state index in [2.05, 4.69) is 15.1 Å². The molecule has 0 radical (unpaired) electrons. The minimum Gasteiger partial charge on any atom is -0.507 e. The molecule has 0 spiro atoms. The Balaban J connectivity index is 1.57. The maximum Gasteiger partial charge on any atom is 0.299 e. The van der Waals surface area contributed by atoms with Gasteiger partial charge in [0.25, 0.3) is 11.7 Å². The van der Waals surface area contributed by atoms with Crippen LogP contribution in [0, 0.1) is 12.8 Å². The third kappa shape index (κ3) is 3.41. The van der Waals surface area contributed by atoms with Gasteiger partial charge in [-0.05, 0) is 49.1 Å². The average Bonchev–Trinajstić information content (AvgIpc) is 3.55. The third-order valence-electron chi connectivity index (χ3n) is 6.39. The lowest BCUT2D eigenvalue weighted by atomic mass is 9.80. The van der Waals surface area contributed by atoms with Crippen molar-refractivity contribution in [2.45, 2.75) is 45.1 Å². The van der Waals surface area contributed by atoms with Gasteiger partial charge >= 0.3 is 0 Å². The van der Waals surface area contributed by atoms with Crippen LogP contribution in [0.3, 0.4) is 0 Å². The van der Waals surface area contributed by atoms with E-state index in [1.54, 1.807) is 42.4 Å². The summed E-state index contributed by atoms with van der Waals surface area (Å²) in [6.07, 6.45) is 8.36. The number of ketones is 1. The maximum atomic E-state index is 13.2. The summed E-state index contributed by atoms with van der Waals surface area (Å²) in [5.74, 6) is -0.335. The molecule has 2 aliphatic rings. The van der Waals surface area contributed by atoms with E-state index >= 15 is 0 Å². The number of Topliss-reactive ketones (excluding diaryl/α,β-unsaturated/α-hetero) is 1. The predicted octanol–water partition coefficient (Wildman–Crippen LogP) is 4.21. The number of carbonyl (C=O) groups is 2. The van der Waals surface area contributed by atoms with Crippen LogP contribution in [0.5, 0.6) is 0 Å². The number of carbonyl (C=O) groups excluding carboxylic acids is 2. The van der Waals surface area contributed by atoms with Crippen LogP contribution in [-0.2, 0) is 9.59 Å². The first-order valence-corrected chi connectivity index (χ1v) is 10.9. The second kappa shape index (κ2) is 8.11. The van der Waals surface area contributed by atoms with Gasteiger partial charge in [0.1, 0.15) is 5.76 Å². The number of hydrogen-bond acceptors (Lipinski definition) is 6. The lowest BCUT2D eigenvalue weighted by Gasteiger charge is -2.34. The van der Waals surface area contributed by atoms with Crippen LogP contribution in [0.2, 0.25) is 0 Å². The smallest absolute Gasteiger partial charge is 0.299 e. The van der Waals surface area contributed by atoms with Crippen molar-refractivity contribution in [2.24, 2.45) is 5.92 Å². The first-order chi connectivity index (χ1) is 15.5. The summed E-state index contributed by atoms with van der Waals surface area (Å²) in [5.41, 5.74) is 2.06. The van der Waals surface area contributed by atoms with Crippen molar-refractivity contribution in [3.8, 4) is 11.4 Å². The summed E-state index contributed by atoms with van der Waals surface area (Å²) >= 11 is 0. The molecule has 1 atom stereocenters. The number of aryl methyl sites for hydroxylation is 1. The van der Waals surface area contributed by atoms with E-state index in [0.717, 1.165) is 37.7 Å². The molecule has 2 aromatic heterocycles. The molecule has 164 valence electrons. The largest absolute Gasteiger partial charge is 0.507 e. The zero-order valence-electron chi connectivity index (χ0n) is 17.7. The number of aromatic nitrogens is 3. The van der Waals surface area contributed by atoms with Gasteiger partial charge in [-0.15, -0.1) is 0 Å². The van der Waals surface area contributed by atoms with Gasteiger partial charge < -0.3 is 14.6 Å². The summed E-state index contributed by atoms with van der Waals surface area (Å²) < 4.78 is 5.05. The Hall–Kier alpha value is -3.68. The summed E-state index contributed by atoms with van der Waals surface area (Å²) in [7, 11) is 0. The molecule has 1 aliphatic carbocycles. The molecular weight excluding hydrogens is 408 g/mol. The number of aromatic amines is 1. The fourth-order valence-corrected chi connectivity index (χ4v) is 4.85. The highest BCUT2D eigenvalue weighted by Crippen LogP contribution is 2.41. The Labute approximate surface area is 184 Å². The van der Waals surface area contributed by atoms with Crippen LogP contribution in [-0.4, -0.2) is 38.0 Å². The van der Waals surface area contributed by atoms with Crippen molar-refractivity contribution in [1.82, 2.24) is 15.1 Å². The molecule has 1 aliphatic heterocycles. The van der Waals surface area contributed by atoms with E-state index in [1.165, 1.54) is 0 Å². The molecular formula is C24H24N4O4. The number of amides is 1. The number of benzene rings is 1. The van der Waals surface area contributed by atoms with Crippen LogP contribution >= 0.6 is 0 Å². The highest BCUT2D eigenvalue weighted by Gasteiger charge is 2.49. The molecule has 3 aromatic rings. The highest BCUT2D eigenvalue weighted by atomic mass is 16.5. The Morgan fingerprint density at radius 2 is 1.88 bits per heavy atom. The van der Waals surface area contributed by atoms with E-state index in [0.29, 0.717) is 23.0 Å². The maximum absolute atomic E-state index is 13.2. The van der Waals surface area contributed by atoms with Gasteiger partial charge in [-0.25, -0.2) is 0 Å². The van der Waals surface area contributed by atoms with Gasteiger partial charge in [0.15, 0.2) is 0 Å². The number of H-pyrrole nitrogens is 1. The van der Waals surface area contributed by atoms with Crippen LogP contribution in [0.4, 0.5) is 5.69 Å². The first kappa shape index (κ1) is 20.2. The standard InChI is InChI=1S/C24H24N4O4/c1-14-26-23(27-32-14)16-7-9-18(10-8-16)28-20(15-5-3-2-4-6-15)19(22(30)24(28)31)21(29)17-11-12-25-13-17/h7-13,15,20,25,29H,2-6H2,1H3/b21-19+. The Morgan fingerprint density at radius 1 is 1.12 bits per heavy atom. The van der Waals surface area contributed by atoms with Crippen LogP contribution in [0.15, 0.2) is 52.8 Å². The molecule has 1 saturated carbocycles. The van der Waals surface area contributed by atoms with E-state index in [4.69, 9.17) is 4.52 Å². The summed E-state index contributed by atoms with van der Waals surface area (Å²) in [6.45, 7) is 1.72. The van der Waals surface area contributed by atoms with Gasteiger partial charge in [0, 0.05) is 36.1 Å². The third-order valence-corrected chi connectivity index (χ3v) is 6.39. The molecule has 0 bridgehead atoms. The van der Waals surface area contributed by atoms with Crippen molar-refractivity contribution < 1.29 is 19.2 Å². The second-order valence-corrected chi connectivity index (χ2v) is 8.39. The van der Waals surface area contributed by atoms with Crippen LogP contribution in [0.25, 0.3) is 17.1 Å². The van der Waals surface area contributed by atoms with Crippen molar-refractivity contribution in [2.75, 3.05) is 4.90 Å². The lowest BCUT2D eigenvalue weighted by Crippen LogP contribution is -2.40. The molecule has 1 aromatic carbocycles. The number of rotatable bonds is 4. The van der Waals surface area contributed by atoms with E-state index in [9.17, 15) is 14.7 Å². The fourth-order valence-electron chi connectivity index (χ4n) is 4.85. The Kier molecular flexibility index (Phi) is 5.13. The predicted molar refractivity (Wildman–Crippen MR) is 118 cm³/mol. The second-order valence-electron chi connectivity index (χ2n) is 8.39. The zero-order valence-corrected chi connectivity index (χ0v) is 17.7. The minimum atomic E-state index is -0.642. The molecule has 1 unspecified atom stereocenters. The van der Waals surface area contributed by atoms with Crippen molar-refractivity contribution >= 4 is 23.1 Å². The van der Waals surface area contributed by atoms with Crippen LogP contribution in [0.1, 0.15) is 43.6 Å². The molecule has 2 fully saturated rings. The summed E-state index contributed by atoms with van der Waals surface area (Å²) in [4.78, 5) is 35.0. The summed E-state index contributed by atoms with van der Waals surface area (Å²) in [5, 5.41) is 14.9. The number of nitrogens with zero attached hydrogens (tertiary/aromatic N) is 3. The van der Waals surface area contributed by atoms with Crippen LogP contribution < -0.4 is 4.90 Å². The normalized spacial score (nSPS) is 21.4.